The zero-order chi connectivity index (χ0) is 13.4. The molecule has 2 aliphatic rings. The molecule has 0 aromatic rings. The molecule has 2 rings (SSSR count). The van der Waals surface area contributed by atoms with E-state index in [0.29, 0.717) is 17.9 Å². The molecule has 0 radical (unpaired) electrons. The Morgan fingerprint density at radius 3 is 1.94 bits per heavy atom. The van der Waals surface area contributed by atoms with E-state index >= 15 is 0 Å². The Bertz CT molecular complexity index is 302. The number of carbonyl (C=O) groups excluding carboxylic acids is 1. The number of likely N-dealkylation sites (tertiary alicyclic amines) is 2. The maximum atomic E-state index is 12.3. The highest BCUT2D eigenvalue weighted by atomic mass is 16.2. The Morgan fingerprint density at radius 1 is 1.06 bits per heavy atom. The largest absolute Gasteiger partial charge is 0.325 e. The molecule has 4 nitrogen and oxygen atoms in total. The van der Waals surface area contributed by atoms with Crippen LogP contribution in [-0.4, -0.2) is 66.0 Å². The number of rotatable bonds is 2. The van der Waals surface area contributed by atoms with Gasteiger partial charge in [0.05, 0.1) is 0 Å². The Hall–Kier alpha value is -0.770. The Morgan fingerprint density at radius 2 is 1.56 bits per heavy atom. The maximum Gasteiger partial charge on any atom is 0.319 e. The summed E-state index contributed by atoms with van der Waals surface area (Å²) in [5.41, 5.74) is 0. The molecule has 2 heterocycles. The number of amides is 2. The van der Waals surface area contributed by atoms with Gasteiger partial charge in [-0.1, -0.05) is 0 Å². The summed E-state index contributed by atoms with van der Waals surface area (Å²) < 4.78 is 0. The van der Waals surface area contributed by atoms with Gasteiger partial charge in [-0.3, -0.25) is 0 Å². The van der Waals surface area contributed by atoms with Crippen LogP contribution in [0.1, 0.15) is 27.7 Å². The van der Waals surface area contributed by atoms with E-state index in [2.05, 4.69) is 32.6 Å². The minimum atomic E-state index is 0.204. The maximum absolute atomic E-state index is 12.3. The van der Waals surface area contributed by atoms with Crippen LogP contribution in [0, 0.1) is 11.8 Å². The van der Waals surface area contributed by atoms with Crippen molar-refractivity contribution in [2.45, 2.75) is 39.8 Å². The van der Waals surface area contributed by atoms with Crippen LogP contribution in [0.25, 0.3) is 0 Å². The first kappa shape index (κ1) is 13.7. The first-order valence-corrected chi connectivity index (χ1v) is 7.16. The molecule has 0 aromatic heterocycles. The second-order valence-electron chi connectivity index (χ2n) is 6.46. The number of hydrogen-bond donors (Lipinski definition) is 0. The van der Waals surface area contributed by atoms with Gasteiger partial charge in [0.1, 0.15) is 0 Å². The van der Waals surface area contributed by atoms with E-state index in [-0.39, 0.29) is 12.1 Å². The van der Waals surface area contributed by atoms with Gasteiger partial charge >= 0.3 is 6.03 Å². The van der Waals surface area contributed by atoms with Crippen molar-refractivity contribution in [2.24, 2.45) is 11.8 Å². The molecule has 0 N–H and O–H groups in total. The van der Waals surface area contributed by atoms with Crippen LogP contribution in [-0.2, 0) is 0 Å². The first-order valence-electron chi connectivity index (χ1n) is 7.16. The van der Waals surface area contributed by atoms with Crippen molar-refractivity contribution in [3.8, 4) is 0 Å². The topological polar surface area (TPSA) is 26.8 Å². The molecule has 0 aromatic carbocycles. The summed E-state index contributed by atoms with van der Waals surface area (Å²) in [7, 11) is 1.90. The quantitative estimate of drug-likeness (QED) is 0.749. The predicted octanol–water partition coefficient (Wildman–Crippen LogP) is 1.72. The van der Waals surface area contributed by atoms with E-state index in [4.69, 9.17) is 0 Å². The number of hydrogen-bond acceptors (Lipinski definition) is 2. The zero-order valence-electron chi connectivity index (χ0n) is 12.4. The molecule has 2 fully saturated rings. The third-order valence-electron chi connectivity index (χ3n) is 4.59. The van der Waals surface area contributed by atoms with E-state index in [1.807, 2.05) is 16.8 Å². The predicted molar refractivity (Wildman–Crippen MR) is 73.6 cm³/mol. The van der Waals surface area contributed by atoms with Gasteiger partial charge in [0.25, 0.3) is 0 Å². The molecule has 2 saturated heterocycles. The summed E-state index contributed by atoms with van der Waals surface area (Å²) in [6.45, 7) is 12.9. The number of nitrogens with zero attached hydrogens (tertiary/aromatic N) is 3. The molecule has 18 heavy (non-hydrogen) atoms. The van der Waals surface area contributed by atoms with E-state index in [9.17, 15) is 4.79 Å². The standard InChI is InChI=1S/C14H27N3O/c1-10(2)15(5)14(18)17-8-12-6-16(11(3)4)7-13(12)9-17/h10-13H,6-9H2,1-5H3. The number of fused-ring (bicyclic) bond motifs is 1. The average molecular weight is 253 g/mol. The highest BCUT2D eigenvalue weighted by Crippen LogP contribution is 2.32. The normalized spacial score (nSPS) is 28.3. The summed E-state index contributed by atoms with van der Waals surface area (Å²) in [5.74, 6) is 1.38. The monoisotopic (exact) mass is 253 g/mol. The second kappa shape index (κ2) is 5.08. The van der Waals surface area contributed by atoms with Gasteiger partial charge in [0, 0.05) is 45.3 Å². The fraction of sp³-hybridized carbons (Fsp3) is 0.929. The smallest absolute Gasteiger partial charge is 0.319 e. The van der Waals surface area contributed by atoms with Crippen molar-refractivity contribution >= 4 is 6.03 Å². The van der Waals surface area contributed by atoms with Gasteiger partial charge < -0.3 is 14.7 Å². The van der Waals surface area contributed by atoms with Gasteiger partial charge in [-0.15, -0.1) is 0 Å². The minimum Gasteiger partial charge on any atom is -0.325 e. The van der Waals surface area contributed by atoms with E-state index < -0.39 is 0 Å². The van der Waals surface area contributed by atoms with Gasteiger partial charge in [0.2, 0.25) is 0 Å². The van der Waals surface area contributed by atoms with E-state index in [1.165, 1.54) is 0 Å². The molecule has 2 unspecified atom stereocenters. The molecule has 2 aliphatic heterocycles. The van der Waals surface area contributed by atoms with Gasteiger partial charge in [-0.2, -0.15) is 0 Å². The summed E-state index contributed by atoms with van der Waals surface area (Å²) in [5, 5.41) is 0. The summed E-state index contributed by atoms with van der Waals surface area (Å²) in [4.78, 5) is 18.7. The first-order chi connectivity index (χ1) is 8.40. The number of carbonyl (C=O) groups is 1. The second-order valence-corrected chi connectivity index (χ2v) is 6.46. The van der Waals surface area contributed by atoms with Crippen molar-refractivity contribution in [1.82, 2.24) is 14.7 Å². The molecule has 0 bridgehead atoms. The van der Waals surface area contributed by atoms with Crippen molar-refractivity contribution in [3.05, 3.63) is 0 Å². The Labute approximate surface area is 111 Å². The molecule has 0 spiro atoms. The van der Waals surface area contributed by atoms with Crippen molar-refractivity contribution in [3.63, 3.8) is 0 Å². The molecule has 2 amide bonds. The molecule has 4 heteroatoms. The molecule has 2 atom stereocenters. The highest BCUT2D eigenvalue weighted by Gasteiger charge is 2.42. The SMILES string of the molecule is CC(C)N1CC2CN(C(=O)N(C)C(C)C)CC2C1. The van der Waals surface area contributed by atoms with Crippen molar-refractivity contribution in [1.29, 1.82) is 0 Å². The third-order valence-corrected chi connectivity index (χ3v) is 4.59. The van der Waals surface area contributed by atoms with E-state index in [0.717, 1.165) is 26.2 Å². The minimum absolute atomic E-state index is 0.204. The van der Waals surface area contributed by atoms with Crippen LogP contribution in [0.5, 0.6) is 0 Å². The zero-order valence-corrected chi connectivity index (χ0v) is 12.4. The van der Waals surface area contributed by atoms with Crippen LogP contribution in [0.3, 0.4) is 0 Å². The lowest BCUT2D eigenvalue weighted by molar-refractivity contribution is 0.154. The summed E-state index contributed by atoms with van der Waals surface area (Å²) in [6, 6.07) is 1.12. The summed E-state index contributed by atoms with van der Waals surface area (Å²) in [6.07, 6.45) is 0. The van der Waals surface area contributed by atoms with E-state index in [1.54, 1.807) is 0 Å². The average Bonchev–Trinajstić information content (AvgIpc) is 2.83. The Balaban J connectivity index is 1.90. The highest BCUT2D eigenvalue weighted by molar-refractivity contribution is 5.74. The fourth-order valence-electron chi connectivity index (χ4n) is 3.05. The molecule has 0 saturated carbocycles. The Kier molecular flexibility index (Phi) is 3.85. The third kappa shape index (κ3) is 2.48. The molecule has 104 valence electrons. The van der Waals surface area contributed by atoms with Gasteiger partial charge in [-0.25, -0.2) is 4.79 Å². The van der Waals surface area contributed by atoms with Crippen LogP contribution in [0.15, 0.2) is 0 Å². The molecular formula is C14H27N3O. The van der Waals surface area contributed by atoms with Crippen LogP contribution in [0.2, 0.25) is 0 Å². The lowest BCUT2D eigenvalue weighted by atomic mass is 10.0. The molecular weight excluding hydrogens is 226 g/mol. The van der Waals surface area contributed by atoms with Crippen molar-refractivity contribution in [2.75, 3.05) is 33.2 Å². The lowest BCUT2D eigenvalue weighted by Crippen LogP contribution is -2.44. The van der Waals surface area contributed by atoms with Gasteiger partial charge in [0.15, 0.2) is 0 Å². The lowest BCUT2D eigenvalue weighted by Gasteiger charge is -2.29. The molecule has 0 aliphatic carbocycles. The fourth-order valence-corrected chi connectivity index (χ4v) is 3.05. The van der Waals surface area contributed by atoms with Gasteiger partial charge in [-0.05, 0) is 39.5 Å². The van der Waals surface area contributed by atoms with Crippen LogP contribution >= 0.6 is 0 Å². The van der Waals surface area contributed by atoms with Crippen molar-refractivity contribution < 1.29 is 4.79 Å². The summed E-state index contributed by atoms with van der Waals surface area (Å²) >= 11 is 0. The van der Waals surface area contributed by atoms with Crippen LogP contribution < -0.4 is 0 Å². The van der Waals surface area contributed by atoms with Crippen LogP contribution in [0.4, 0.5) is 4.79 Å². The number of urea groups is 1.